The van der Waals surface area contributed by atoms with Gasteiger partial charge in [0.1, 0.15) is 0 Å². The van der Waals surface area contributed by atoms with Crippen LogP contribution in [0.3, 0.4) is 0 Å². The molecule has 4 heteroatoms. The Balaban J connectivity index is 2.25. The van der Waals surface area contributed by atoms with E-state index in [1.165, 1.54) is 12.8 Å². The SMILES string of the molecule is CNc1cnccc1C(=O)N(CC(C)C)C1CCCC1. The van der Waals surface area contributed by atoms with Crippen molar-refractivity contribution in [2.75, 3.05) is 18.9 Å². The highest BCUT2D eigenvalue weighted by Crippen LogP contribution is 2.27. The molecule has 1 amide bonds. The number of nitrogens with one attached hydrogen (secondary N) is 1. The van der Waals surface area contributed by atoms with Crippen LogP contribution < -0.4 is 5.32 Å². The molecule has 4 nitrogen and oxygen atoms in total. The van der Waals surface area contributed by atoms with Crippen LogP contribution in [-0.4, -0.2) is 35.4 Å². The number of nitrogens with zero attached hydrogens (tertiary/aromatic N) is 2. The Morgan fingerprint density at radius 2 is 2.15 bits per heavy atom. The molecule has 0 bridgehead atoms. The van der Waals surface area contributed by atoms with Crippen LogP contribution in [0, 0.1) is 5.92 Å². The molecule has 1 saturated carbocycles. The molecule has 0 unspecified atom stereocenters. The molecule has 1 aliphatic carbocycles. The summed E-state index contributed by atoms with van der Waals surface area (Å²) in [5.41, 5.74) is 1.54. The molecule has 0 radical (unpaired) electrons. The van der Waals surface area contributed by atoms with E-state index in [0.29, 0.717) is 12.0 Å². The van der Waals surface area contributed by atoms with Gasteiger partial charge in [-0.1, -0.05) is 26.7 Å². The van der Waals surface area contributed by atoms with E-state index < -0.39 is 0 Å². The summed E-state index contributed by atoms with van der Waals surface area (Å²) in [6, 6.07) is 2.22. The van der Waals surface area contributed by atoms with Crippen molar-refractivity contribution in [2.45, 2.75) is 45.6 Å². The number of aromatic nitrogens is 1. The van der Waals surface area contributed by atoms with Gasteiger partial charge in [-0.15, -0.1) is 0 Å². The molecule has 0 aromatic carbocycles. The molecular weight excluding hydrogens is 250 g/mol. The van der Waals surface area contributed by atoms with E-state index in [1.54, 1.807) is 12.4 Å². The molecule has 1 fully saturated rings. The Labute approximate surface area is 121 Å². The predicted octanol–water partition coefficient (Wildman–Crippen LogP) is 3.16. The van der Waals surface area contributed by atoms with Crippen molar-refractivity contribution < 1.29 is 4.79 Å². The van der Waals surface area contributed by atoms with Crippen LogP contribution in [0.2, 0.25) is 0 Å². The monoisotopic (exact) mass is 275 g/mol. The minimum atomic E-state index is 0.136. The van der Waals surface area contributed by atoms with E-state index >= 15 is 0 Å². The fourth-order valence-corrected chi connectivity index (χ4v) is 2.94. The van der Waals surface area contributed by atoms with Gasteiger partial charge in [0, 0.05) is 25.8 Å². The third-order valence-electron chi connectivity index (χ3n) is 3.91. The summed E-state index contributed by atoms with van der Waals surface area (Å²) in [6.45, 7) is 5.16. The van der Waals surface area contributed by atoms with Crippen molar-refractivity contribution >= 4 is 11.6 Å². The molecule has 110 valence electrons. The zero-order chi connectivity index (χ0) is 14.5. The molecule has 20 heavy (non-hydrogen) atoms. The number of carbonyl (C=O) groups is 1. The lowest BCUT2D eigenvalue weighted by Gasteiger charge is -2.31. The largest absolute Gasteiger partial charge is 0.386 e. The maximum Gasteiger partial charge on any atom is 0.256 e. The maximum absolute atomic E-state index is 12.9. The summed E-state index contributed by atoms with van der Waals surface area (Å²) in [5.74, 6) is 0.622. The van der Waals surface area contributed by atoms with E-state index in [-0.39, 0.29) is 5.91 Å². The van der Waals surface area contributed by atoms with Crippen LogP contribution in [-0.2, 0) is 0 Å². The Kier molecular flexibility index (Phi) is 4.99. The number of pyridine rings is 1. The number of hydrogen-bond acceptors (Lipinski definition) is 3. The quantitative estimate of drug-likeness (QED) is 0.897. The van der Waals surface area contributed by atoms with Crippen LogP contribution in [0.5, 0.6) is 0 Å². The van der Waals surface area contributed by atoms with E-state index in [1.807, 2.05) is 13.1 Å². The smallest absolute Gasteiger partial charge is 0.256 e. The standard InChI is InChI=1S/C16H25N3O/c1-12(2)11-19(13-6-4-5-7-13)16(20)14-8-9-18-10-15(14)17-3/h8-10,12-13,17H,4-7,11H2,1-3H3. The van der Waals surface area contributed by atoms with Crippen LogP contribution in [0.25, 0.3) is 0 Å². The molecule has 1 heterocycles. The molecular formula is C16H25N3O. The van der Waals surface area contributed by atoms with E-state index in [9.17, 15) is 4.79 Å². The molecule has 0 saturated heterocycles. The van der Waals surface area contributed by atoms with Crippen LogP contribution in [0.4, 0.5) is 5.69 Å². The molecule has 2 rings (SSSR count). The lowest BCUT2D eigenvalue weighted by molar-refractivity contribution is 0.0656. The average molecular weight is 275 g/mol. The average Bonchev–Trinajstić information content (AvgIpc) is 2.97. The zero-order valence-corrected chi connectivity index (χ0v) is 12.7. The van der Waals surface area contributed by atoms with E-state index in [0.717, 1.165) is 30.6 Å². The van der Waals surface area contributed by atoms with Gasteiger partial charge in [0.2, 0.25) is 0 Å². The highest BCUT2D eigenvalue weighted by molar-refractivity contribution is 5.99. The summed E-state index contributed by atoms with van der Waals surface area (Å²) < 4.78 is 0. The first-order valence-corrected chi connectivity index (χ1v) is 7.56. The van der Waals surface area contributed by atoms with Gasteiger partial charge in [-0.3, -0.25) is 9.78 Å². The Morgan fingerprint density at radius 1 is 1.45 bits per heavy atom. The van der Waals surface area contributed by atoms with Crippen LogP contribution in [0.15, 0.2) is 18.5 Å². The van der Waals surface area contributed by atoms with Gasteiger partial charge in [-0.25, -0.2) is 0 Å². The molecule has 1 aromatic heterocycles. The van der Waals surface area contributed by atoms with E-state index in [2.05, 4.69) is 29.0 Å². The number of amides is 1. The molecule has 0 aliphatic heterocycles. The Bertz CT molecular complexity index is 453. The van der Waals surface area contributed by atoms with Crippen LogP contribution in [0.1, 0.15) is 49.9 Å². The van der Waals surface area contributed by atoms with Crippen molar-refractivity contribution in [3.63, 3.8) is 0 Å². The molecule has 1 aromatic rings. The van der Waals surface area contributed by atoms with Crippen molar-refractivity contribution in [2.24, 2.45) is 5.92 Å². The minimum Gasteiger partial charge on any atom is -0.386 e. The van der Waals surface area contributed by atoms with Gasteiger partial charge in [-0.05, 0) is 24.8 Å². The van der Waals surface area contributed by atoms with Crippen molar-refractivity contribution in [3.05, 3.63) is 24.0 Å². The summed E-state index contributed by atoms with van der Waals surface area (Å²) >= 11 is 0. The van der Waals surface area contributed by atoms with Crippen molar-refractivity contribution in [3.8, 4) is 0 Å². The number of carbonyl (C=O) groups excluding carboxylic acids is 1. The second-order valence-corrected chi connectivity index (χ2v) is 5.96. The number of rotatable bonds is 5. The number of anilines is 1. The Hall–Kier alpha value is -1.58. The Morgan fingerprint density at radius 3 is 2.75 bits per heavy atom. The van der Waals surface area contributed by atoms with Gasteiger partial charge < -0.3 is 10.2 Å². The van der Waals surface area contributed by atoms with Gasteiger partial charge in [0.25, 0.3) is 5.91 Å². The lowest BCUT2D eigenvalue weighted by Crippen LogP contribution is -2.41. The van der Waals surface area contributed by atoms with Gasteiger partial charge in [0.15, 0.2) is 0 Å². The normalized spacial score (nSPS) is 15.6. The second-order valence-electron chi connectivity index (χ2n) is 5.96. The molecule has 0 atom stereocenters. The van der Waals surface area contributed by atoms with Gasteiger partial charge >= 0.3 is 0 Å². The topological polar surface area (TPSA) is 45.2 Å². The van der Waals surface area contributed by atoms with Gasteiger partial charge in [0.05, 0.1) is 17.4 Å². The lowest BCUT2D eigenvalue weighted by atomic mass is 10.1. The van der Waals surface area contributed by atoms with Crippen molar-refractivity contribution in [1.82, 2.24) is 9.88 Å². The fraction of sp³-hybridized carbons (Fsp3) is 0.625. The highest BCUT2D eigenvalue weighted by Gasteiger charge is 2.28. The van der Waals surface area contributed by atoms with Gasteiger partial charge in [-0.2, -0.15) is 0 Å². The number of hydrogen-bond donors (Lipinski definition) is 1. The first kappa shape index (κ1) is 14.8. The van der Waals surface area contributed by atoms with Crippen LogP contribution >= 0.6 is 0 Å². The summed E-state index contributed by atoms with van der Waals surface area (Å²) in [4.78, 5) is 19.1. The summed E-state index contributed by atoms with van der Waals surface area (Å²) in [5, 5.41) is 3.07. The van der Waals surface area contributed by atoms with Crippen molar-refractivity contribution in [1.29, 1.82) is 0 Å². The minimum absolute atomic E-state index is 0.136. The predicted molar refractivity (Wildman–Crippen MR) is 81.9 cm³/mol. The third kappa shape index (κ3) is 3.30. The highest BCUT2D eigenvalue weighted by atomic mass is 16.2. The summed E-state index contributed by atoms with van der Waals surface area (Å²) in [6.07, 6.45) is 8.16. The zero-order valence-electron chi connectivity index (χ0n) is 12.7. The molecule has 1 N–H and O–H groups in total. The maximum atomic E-state index is 12.9. The first-order valence-electron chi connectivity index (χ1n) is 7.56. The fourth-order valence-electron chi connectivity index (χ4n) is 2.94. The summed E-state index contributed by atoms with van der Waals surface area (Å²) in [7, 11) is 1.83. The molecule has 1 aliphatic rings. The molecule has 0 spiro atoms. The van der Waals surface area contributed by atoms with E-state index in [4.69, 9.17) is 0 Å². The second kappa shape index (κ2) is 6.73. The first-order chi connectivity index (χ1) is 9.63. The third-order valence-corrected chi connectivity index (χ3v) is 3.91.